The van der Waals surface area contributed by atoms with Crippen LogP contribution in [-0.4, -0.2) is 30.9 Å². The first-order valence-corrected chi connectivity index (χ1v) is 10.0. The summed E-state index contributed by atoms with van der Waals surface area (Å²) >= 11 is 5.86. The molecule has 1 fully saturated rings. The largest absolute Gasteiger partial charge is 0.416 e. The number of piperidine rings is 1. The normalized spacial score (nSPS) is 18.9. The Hall–Kier alpha value is -1.83. The summed E-state index contributed by atoms with van der Waals surface area (Å²) < 4.78 is 52.7. The minimum atomic E-state index is -4.51. The molecule has 2 unspecified atom stereocenters. The van der Waals surface area contributed by atoms with E-state index in [1.807, 2.05) is 6.92 Å². The van der Waals surface area contributed by atoms with Crippen LogP contribution >= 0.6 is 24.0 Å². The van der Waals surface area contributed by atoms with Gasteiger partial charge in [-0.1, -0.05) is 17.7 Å². The van der Waals surface area contributed by atoms with Crippen molar-refractivity contribution in [3.05, 3.63) is 69.5 Å². The summed E-state index contributed by atoms with van der Waals surface area (Å²) in [5, 5.41) is 3.25. The molecule has 1 aliphatic rings. The third-order valence-corrected chi connectivity index (χ3v) is 5.73. The first-order valence-electron chi connectivity index (χ1n) is 9.64. The van der Waals surface area contributed by atoms with Crippen LogP contribution in [0.1, 0.15) is 34.6 Å². The highest BCUT2D eigenvalue weighted by Gasteiger charge is 2.35. The Morgan fingerprint density at radius 3 is 2.58 bits per heavy atom. The van der Waals surface area contributed by atoms with Crippen LogP contribution in [0.5, 0.6) is 0 Å². The van der Waals surface area contributed by atoms with E-state index in [0.29, 0.717) is 25.1 Å². The molecule has 0 saturated carbocycles. The molecule has 0 spiro atoms. The molecule has 1 saturated heterocycles. The zero-order valence-corrected chi connectivity index (χ0v) is 18.7. The van der Waals surface area contributed by atoms with Gasteiger partial charge in [-0.3, -0.25) is 4.79 Å². The SMILES string of the molecule is Cc1cc(F)ccc1C1CNCCC1C(=O)N(C)Cc1cc(Cl)cc(C(F)(F)F)c1.Cl. The van der Waals surface area contributed by atoms with Gasteiger partial charge < -0.3 is 10.2 Å². The van der Waals surface area contributed by atoms with Gasteiger partial charge in [0, 0.05) is 37.0 Å². The number of aryl methyl sites for hydroxylation is 1. The lowest BCUT2D eigenvalue weighted by Gasteiger charge is -2.35. The highest BCUT2D eigenvalue weighted by atomic mass is 35.5. The predicted octanol–water partition coefficient (Wildman–Crippen LogP) is 5.58. The van der Waals surface area contributed by atoms with E-state index in [-0.39, 0.29) is 47.5 Å². The van der Waals surface area contributed by atoms with Crippen molar-refractivity contribution >= 4 is 29.9 Å². The first-order chi connectivity index (χ1) is 14.1. The molecule has 1 amide bonds. The first kappa shape index (κ1) is 25.4. The number of benzene rings is 2. The average Bonchev–Trinajstić information content (AvgIpc) is 2.66. The van der Waals surface area contributed by atoms with E-state index in [0.717, 1.165) is 23.3 Å². The van der Waals surface area contributed by atoms with Crippen LogP contribution in [0.2, 0.25) is 5.02 Å². The molecule has 1 heterocycles. The Labute approximate surface area is 190 Å². The van der Waals surface area contributed by atoms with Gasteiger partial charge in [0.05, 0.1) is 5.56 Å². The van der Waals surface area contributed by atoms with Crippen molar-refractivity contribution in [1.29, 1.82) is 0 Å². The molecule has 1 N–H and O–H groups in total. The highest BCUT2D eigenvalue weighted by Crippen LogP contribution is 2.34. The molecular formula is C22H24Cl2F4N2O. The summed E-state index contributed by atoms with van der Waals surface area (Å²) in [6.07, 6.45) is -3.92. The van der Waals surface area contributed by atoms with E-state index >= 15 is 0 Å². The second-order valence-corrected chi connectivity index (χ2v) is 8.18. The van der Waals surface area contributed by atoms with Gasteiger partial charge in [-0.25, -0.2) is 4.39 Å². The summed E-state index contributed by atoms with van der Waals surface area (Å²) in [7, 11) is 1.58. The van der Waals surface area contributed by atoms with Gasteiger partial charge in [0.25, 0.3) is 0 Å². The minimum absolute atomic E-state index is 0. The van der Waals surface area contributed by atoms with Crippen LogP contribution in [0.25, 0.3) is 0 Å². The van der Waals surface area contributed by atoms with E-state index in [4.69, 9.17) is 11.6 Å². The second-order valence-electron chi connectivity index (χ2n) is 7.75. The van der Waals surface area contributed by atoms with Crippen molar-refractivity contribution in [2.45, 2.75) is 32.0 Å². The van der Waals surface area contributed by atoms with Crippen LogP contribution in [0.3, 0.4) is 0 Å². The van der Waals surface area contributed by atoms with Gasteiger partial charge in [-0.05, 0) is 66.9 Å². The van der Waals surface area contributed by atoms with Gasteiger partial charge in [0.2, 0.25) is 5.91 Å². The van der Waals surface area contributed by atoms with Crippen molar-refractivity contribution in [3.8, 4) is 0 Å². The number of carbonyl (C=O) groups is 1. The van der Waals surface area contributed by atoms with Crippen LogP contribution in [-0.2, 0) is 17.5 Å². The lowest BCUT2D eigenvalue weighted by Crippen LogP contribution is -2.44. The number of nitrogens with zero attached hydrogens (tertiary/aromatic N) is 1. The molecule has 9 heteroatoms. The maximum absolute atomic E-state index is 13.5. The number of amides is 1. The quantitative estimate of drug-likeness (QED) is 0.581. The fourth-order valence-corrected chi connectivity index (χ4v) is 4.33. The molecule has 0 bridgehead atoms. The Bertz CT molecular complexity index is 936. The van der Waals surface area contributed by atoms with E-state index in [2.05, 4.69) is 5.32 Å². The zero-order valence-electron chi connectivity index (χ0n) is 17.1. The highest BCUT2D eigenvalue weighted by molar-refractivity contribution is 6.30. The van der Waals surface area contributed by atoms with Crippen molar-refractivity contribution in [2.75, 3.05) is 20.1 Å². The minimum Gasteiger partial charge on any atom is -0.341 e. The Morgan fingerprint density at radius 1 is 1.23 bits per heavy atom. The van der Waals surface area contributed by atoms with Crippen LogP contribution in [0.4, 0.5) is 17.6 Å². The van der Waals surface area contributed by atoms with Crippen LogP contribution in [0, 0.1) is 18.7 Å². The Morgan fingerprint density at radius 2 is 1.94 bits per heavy atom. The lowest BCUT2D eigenvalue weighted by atomic mass is 9.79. The van der Waals surface area contributed by atoms with Gasteiger partial charge in [0.1, 0.15) is 5.82 Å². The topological polar surface area (TPSA) is 32.3 Å². The molecular weight excluding hydrogens is 455 g/mol. The van der Waals surface area contributed by atoms with Crippen molar-refractivity contribution in [2.24, 2.45) is 5.92 Å². The fraction of sp³-hybridized carbons (Fsp3) is 0.409. The van der Waals surface area contributed by atoms with Gasteiger partial charge in [-0.15, -0.1) is 12.4 Å². The summed E-state index contributed by atoms with van der Waals surface area (Å²) in [4.78, 5) is 14.6. The third kappa shape index (κ3) is 6.11. The van der Waals surface area contributed by atoms with Gasteiger partial charge in [0.15, 0.2) is 0 Å². The smallest absolute Gasteiger partial charge is 0.341 e. The molecule has 0 aliphatic carbocycles. The van der Waals surface area contributed by atoms with E-state index in [1.54, 1.807) is 13.1 Å². The number of nitrogens with one attached hydrogen (secondary N) is 1. The van der Waals surface area contributed by atoms with Crippen molar-refractivity contribution in [1.82, 2.24) is 10.2 Å². The maximum atomic E-state index is 13.5. The molecule has 2 aromatic carbocycles. The Kier molecular flexibility index (Phi) is 8.36. The van der Waals surface area contributed by atoms with E-state index in [1.165, 1.54) is 23.1 Å². The molecule has 3 rings (SSSR count). The second kappa shape index (κ2) is 10.2. The average molecular weight is 479 g/mol. The number of hydrogen-bond acceptors (Lipinski definition) is 2. The van der Waals surface area contributed by atoms with Crippen molar-refractivity contribution in [3.63, 3.8) is 0 Å². The van der Waals surface area contributed by atoms with Crippen LogP contribution < -0.4 is 5.32 Å². The molecule has 2 atom stereocenters. The van der Waals surface area contributed by atoms with Crippen LogP contribution in [0.15, 0.2) is 36.4 Å². The third-order valence-electron chi connectivity index (χ3n) is 5.51. The summed E-state index contributed by atoms with van der Waals surface area (Å²) in [6, 6.07) is 7.85. The fourth-order valence-electron chi connectivity index (χ4n) is 4.08. The van der Waals surface area contributed by atoms with E-state index < -0.39 is 11.7 Å². The monoisotopic (exact) mass is 478 g/mol. The lowest BCUT2D eigenvalue weighted by molar-refractivity contribution is -0.137. The number of carbonyl (C=O) groups excluding carboxylic acids is 1. The summed E-state index contributed by atoms with van der Waals surface area (Å²) in [5.74, 6) is -0.971. The molecule has 3 nitrogen and oxygen atoms in total. The predicted molar refractivity (Wildman–Crippen MR) is 115 cm³/mol. The number of rotatable bonds is 4. The Balaban J connectivity index is 0.00000341. The molecule has 170 valence electrons. The molecule has 1 aliphatic heterocycles. The number of halogens is 6. The number of alkyl halides is 3. The molecule has 0 radical (unpaired) electrons. The standard InChI is InChI=1S/C22H23ClF4N2O.ClH/c1-13-7-17(24)3-4-18(13)20-11-28-6-5-19(20)21(30)29(2)12-14-8-15(22(25,26)27)10-16(23)9-14;/h3-4,7-10,19-20,28H,5-6,11-12H2,1-2H3;1H. The molecule has 2 aromatic rings. The molecule has 0 aromatic heterocycles. The maximum Gasteiger partial charge on any atom is 0.416 e. The zero-order chi connectivity index (χ0) is 22.1. The van der Waals surface area contributed by atoms with E-state index in [9.17, 15) is 22.4 Å². The molecule has 31 heavy (non-hydrogen) atoms. The van der Waals surface area contributed by atoms with Crippen molar-refractivity contribution < 1.29 is 22.4 Å². The van der Waals surface area contributed by atoms with Gasteiger partial charge >= 0.3 is 6.18 Å². The number of hydrogen-bond donors (Lipinski definition) is 1. The summed E-state index contributed by atoms with van der Waals surface area (Å²) in [6.45, 7) is 3.06. The van der Waals surface area contributed by atoms with Gasteiger partial charge in [-0.2, -0.15) is 13.2 Å². The summed E-state index contributed by atoms with van der Waals surface area (Å²) in [5.41, 5.74) is 1.15.